The van der Waals surface area contributed by atoms with Crippen molar-refractivity contribution in [2.24, 2.45) is 0 Å². The Morgan fingerprint density at radius 1 is 1.24 bits per heavy atom. The number of hydrogen-bond acceptors (Lipinski definition) is 5. The third kappa shape index (κ3) is 3.93. The third-order valence-electron chi connectivity index (χ3n) is 4.77. The van der Waals surface area contributed by atoms with Crippen LogP contribution in [0, 0.1) is 11.3 Å². The first kappa shape index (κ1) is 16.3. The number of piperidine rings is 1. The van der Waals surface area contributed by atoms with E-state index < -0.39 is 0 Å². The fourth-order valence-electron chi connectivity index (χ4n) is 3.35. The van der Waals surface area contributed by atoms with Crippen molar-refractivity contribution in [3.63, 3.8) is 0 Å². The molecule has 4 rings (SSSR count). The number of aromatic nitrogens is 2. The van der Waals surface area contributed by atoms with Crippen LogP contribution in [0.5, 0.6) is 0 Å². The van der Waals surface area contributed by atoms with Crippen LogP contribution in [0.2, 0.25) is 0 Å². The summed E-state index contributed by atoms with van der Waals surface area (Å²) in [5.41, 5.74) is 1.78. The van der Waals surface area contributed by atoms with Crippen molar-refractivity contribution < 1.29 is 0 Å². The number of nitriles is 1. The highest BCUT2D eigenvalue weighted by Gasteiger charge is 2.27. The first-order valence-electron chi connectivity index (χ1n) is 8.76. The summed E-state index contributed by atoms with van der Waals surface area (Å²) in [6.07, 6.45) is 6.53. The monoisotopic (exact) mass is 397 g/mol. The van der Waals surface area contributed by atoms with Crippen LogP contribution in [-0.4, -0.2) is 29.1 Å². The van der Waals surface area contributed by atoms with Gasteiger partial charge in [-0.1, -0.05) is 15.9 Å². The molecule has 1 unspecified atom stereocenters. The molecule has 1 saturated carbocycles. The van der Waals surface area contributed by atoms with E-state index in [-0.39, 0.29) is 0 Å². The van der Waals surface area contributed by atoms with Crippen LogP contribution in [0.3, 0.4) is 0 Å². The van der Waals surface area contributed by atoms with Crippen molar-refractivity contribution in [3.05, 3.63) is 46.3 Å². The fraction of sp³-hybridized carbons (Fsp3) is 0.421. The van der Waals surface area contributed by atoms with E-state index in [0.717, 1.165) is 47.7 Å². The molecule has 0 bridgehead atoms. The molecule has 1 atom stereocenters. The molecule has 2 aliphatic rings. The van der Waals surface area contributed by atoms with Gasteiger partial charge in [-0.3, -0.25) is 0 Å². The van der Waals surface area contributed by atoms with Gasteiger partial charge in [-0.25, -0.2) is 9.97 Å². The van der Waals surface area contributed by atoms with E-state index in [0.29, 0.717) is 17.5 Å². The van der Waals surface area contributed by atoms with Crippen LogP contribution in [-0.2, 0) is 0 Å². The summed E-state index contributed by atoms with van der Waals surface area (Å²) in [5.74, 6) is 2.47. The molecule has 25 heavy (non-hydrogen) atoms. The molecule has 2 heterocycles. The van der Waals surface area contributed by atoms with Crippen LogP contribution in [0.15, 0.2) is 34.9 Å². The minimum Gasteiger partial charge on any atom is -0.369 e. The zero-order valence-corrected chi connectivity index (χ0v) is 15.5. The van der Waals surface area contributed by atoms with Crippen molar-refractivity contribution in [2.45, 2.75) is 37.6 Å². The van der Waals surface area contributed by atoms with Gasteiger partial charge in [0, 0.05) is 41.4 Å². The number of rotatable bonds is 4. The average molecular weight is 398 g/mol. The minimum atomic E-state index is 0.347. The highest BCUT2D eigenvalue weighted by molar-refractivity contribution is 9.10. The zero-order chi connectivity index (χ0) is 17.2. The Hall–Kier alpha value is -2.13. The summed E-state index contributed by atoms with van der Waals surface area (Å²) in [7, 11) is 0. The van der Waals surface area contributed by atoms with E-state index in [1.165, 1.54) is 12.8 Å². The molecular weight excluding hydrogens is 378 g/mol. The Balaban J connectivity index is 1.47. The molecule has 0 radical (unpaired) electrons. The van der Waals surface area contributed by atoms with Gasteiger partial charge in [0.25, 0.3) is 0 Å². The molecule has 128 valence electrons. The molecule has 1 N–H and O–H groups in total. The van der Waals surface area contributed by atoms with E-state index in [9.17, 15) is 5.26 Å². The van der Waals surface area contributed by atoms with Gasteiger partial charge in [0.1, 0.15) is 11.6 Å². The Kier molecular flexibility index (Phi) is 4.58. The van der Waals surface area contributed by atoms with Crippen molar-refractivity contribution in [1.29, 1.82) is 5.26 Å². The van der Waals surface area contributed by atoms with Gasteiger partial charge in [0.05, 0.1) is 11.6 Å². The van der Waals surface area contributed by atoms with Gasteiger partial charge in [0.15, 0.2) is 0 Å². The summed E-state index contributed by atoms with van der Waals surface area (Å²) in [6.45, 7) is 1.92. The Labute approximate surface area is 156 Å². The molecular formula is C19H20BrN5. The van der Waals surface area contributed by atoms with Crippen molar-refractivity contribution in [1.82, 2.24) is 9.97 Å². The first-order valence-corrected chi connectivity index (χ1v) is 9.56. The van der Waals surface area contributed by atoms with Gasteiger partial charge in [-0.05, 0) is 49.9 Å². The maximum absolute atomic E-state index is 9.19. The lowest BCUT2D eigenvalue weighted by Gasteiger charge is -2.35. The predicted octanol–water partition coefficient (Wildman–Crippen LogP) is 4.07. The van der Waals surface area contributed by atoms with E-state index >= 15 is 0 Å². The summed E-state index contributed by atoms with van der Waals surface area (Å²) in [4.78, 5) is 11.4. The predicted molar refractivity (Wildman–Crippen MR) is 102 cm³/mol. The third-order valence-corrected chi connectivity index (χ3v) is 5.22. The standard InChI is InChI=1S/C19H20BrN5/c20-15-8-13(11-21)9-17(10-15)25-7-1-2-16(12-25)23-18-5-6-22-19(24-18)14-3-4-14/h5-6,8-10,14,16H,1-4,7,12H2,(H,22,23,24). The van der Waals surface area contributed by atoms with Crippen molar-refractivity contribution in [3.8, 4) is 6.07 Å². The van der Waals surface area contributed by atoms with Crippen LogP contribution in [0.25, 0.3) is 0 Å². The zero-order valence-electron chi connectivity index (χ0n) is 14.0. The number of anilines is 2. The average Bonchev–Trinajstić information content (AvgIpc) is 3.47. The second-order valence-corrected chi connectivity index (χ2v) is 7.73. The van der Waals surface area contributed by atoms with E-state index in [1.54, 1.807) is 0 Å². The second kappa shape index (κ2) is 7.01. The lowest BCUT2D eigenvalue weighted by atomic mass is 10.0. The van der Waals surface area contributed by atoms with E-state index in [1.807, 2.05) is 24.4 Å². The van der Waals surface area contributed by atoms with Crippen LogP contribution in [0.1, 0.15) is 43.0 Å². The molecule has 0 amide bonds. The molecule has 2 aromatic rings. The fourth-order valence-corrected chi connectivity index (χ4v) is 3.83. The molecule has 1 aromatic carbocycles. The summed E-state index contributed by atoms with van der Waals surface area (Å²) < 4.78 is 0.946. The molecule has 1 saturated heterocycles. The molecule has 0 spiro atoms. The van der Waals surface area contributed by atoms with Crippen LogP contribution >= 0.6 is 15.9 Å². The molecule has 1 aromatic heterocycles. The maximum atomic E-state index is 9.19. The molecule has 2 fully saturated rings. The largest absolute Gasteiger partial charge is 0.369 e. The topological polar surface area (TPSA) is 64.8 Å². The second-order valence-electron chi connectivity index (χ2n) is 6.81. The van der Waals surface area contributed by atoms with Crippen LogP contribution < -0.4 is 10.2 Å². The van der Waals surface area contributed by atoms with Gasteiger partial charge in [-0.15, -0.1) is 0 Å². The number of nitrogens with zero attached hydrogens (tertiary/aromatic N) is 4. The summed E-state index contributed by atoms with van der Waals surface area (Å²) >= 11 is 3.51. The Morgan fingerprint density at radius 3 is 2.92 bits per heavy atom. The van der Waals surface area contributed by atoms with Gasteiger partial charge in [-0.2, -0.15) is 5.26 Å². The number of halogens is 1. The van der Waals surface area contributed by atoms with Crippen molar-refractivity contribution >= 4 is 27.4 Å². The normalized spacial score (nSPS) is 20.2. The lowest BCUT2D eigenvalue weighted by molar-refractivity contribution is 0.528. The first-order chi connectivity index (χ1) is 12.2. The lowest BCUT2D eigenvalue weighted by Crippen LogP contribution is -2.42. The molecule has 1 aliphatic heterocycles. The summed E-state index contributed by atoms with van der Waals surface area (Å²) in [5, 5.41) is 12.8. The smallest absolute Gasteiger partial charge is 0.133 e. The molecule has 6 heteroatoms. The molecule has 5 nitrogen and oxygen atoms in total. The van der Waals surface area contributed by atoms with Gasteiger partial charge in [0.2, 0.25) is 0 Å². The summed E-state index contributed by atoms with van der Waals surface area (Å²) in [6, 6.07) is 10.4. The number of nitrogens with one attached hydrogen (secondary N) is 1. The minimum absolute atomic E-state index is 0.347. The van der Waals surface area contributed by atoms with Crippen molar-refractivity contribution in [2.75, 3.05) is 23.3 Å². The quantitative estimate of drug-likeness (QED) is 0.841. The highest BCUT2D eigenvalue weighted by Crippen LogP contribution is 2.38. The molecule has 1 aliphatic carbocycles. The van der Waals surface area contributed by atoms with Gasteiger partial charge < -0.3 is 10.2 Å². The Morgan fingerprint density at radius 2 is 2.12 bits per heavy atom. The number of benzene rings is 1. The van der Waals surface area contributed by atoms with E-state index in [2.05, 4.69) is 48.3 Å². The van der Waals surface area contributed by atoms with Crippen LogP contribution in [0.4, 0.5) is 11.5 Å². The Bertz CT molecular complexity index is 812. The number of hydrogen-bond donors (Lipinski definition) is 1. The maximum Gasteiger partial charge on any atom is 0.133 e. The SMILES string of the molecule is N#Cc1cc(Br)cc(N2CCCC(Nc3ccnc(C4CC4)n3)C2)c1. The highest BCUT2D eigenvalue weighted by atomic mass is 79.9. The van der Waals surface area contributed by atoms with E-state index in [4.69, 9.17) is 0 Å². The van der Waals surface area contributed by atoms with Gasteiger partial charge >= 0.3 is 0 Å².